The van der Waals surface area contributed by atoms with E-state index >= 15 is 0 Å². The Hall–Kier alpha value is -2.38. The summed E-state index contributed by atoms with van der Waals surface area (Å²) in [5.41, 5.74) is 2.18. The van der Waals surface area contributed by atoms with Crippen LogP contribution in [0.1, 0.15) is 25.3 Å². The van der Waals surface area contributed by atoms with Crippen LogP contribution in [-0.2, 0) is 19.6 Å². The maximum atomic E-state index is 12.7. The Morgan fingerprint density at radius 2 is 1.77 bits per heavy atom. The monoisotopic (exact) mass is 374 g/mol. The number of benzene rings is 2. The van der Waals surface area contributed by atoms with Gasteiger partial charge in [0.2, 0.25) is 0 Å². The normalized spacial score (nSPS) is 15.3. The second-order valence-electron chi connectivity index (χ2n) is 6.44. The smallest absolute Gasteiger partial charge is 0.261 e. The van der Waals surface area contributed by atoms with Crippen LogP contribution < -0.4 is 9.62 Å². The lowest BCUT2D eigenvalue weighted by Gasteiger charge is -2.26. The van der Waals surface area contributed by atoms with Crippen molar-refractivity contribution in [3.63, 3.8) is 0 Å². The molecule has 1 amide bonds. The van der Waals surface area contributed by atoms with Gasteiger partial charge < -0.3 is 9.64 Å². The molecule has 0 atom stereocenters. The summed E-state index contributed by atoms with van der Waals surface area (Å²) in [6.07, 6.45) is 0. The van der Waals surface area contributed by atoms with E-state index in [0.29, 0.717) is 24.5 Å². The first kappa shape index (κ1) is 18.4. The number of nitrogens with zero attached hydrogens (tertiary/aromatic N) is 1. The molecule has 0 aromatic heterocycles. The highest BCUT2D eigenvalue weighted by atomic mass is 32.2. The van der Waals surface area contributed by atoms with Gasteiger partial charge in [-0.25, -0.2) is 8.42 Å². The zero-order valence-electron chi connectivity index (χ0n) is 14.8. The van der Waals surface area contributed by atoms with E-state index in [1.165, 1.54) is 12.1 Å². The summed E-state index contributed by atoms with van der Waals surface area (Å²) >= 11 is 0. The average Bonchev–Trinajstić information content (AvgIpc) is 2.62. The Bertz CT molecular complexity index is 892. The maximum Gasteiger partial charge on any atom is 0.261 e. The summed E-state index contributed by atoms with van der Waals surface area (Å²) in [4.78, 5) is 13.6. The van der Waals surface area contributed by atoms with Crippen molar-refractivity contribution in [2.75, 3.05) is 29.4 Å². The lowest BCUT2D eigenvalue weighted by Crippen LogP contribution is -2.41. The Morgan fingerprint density at radius 3 is 2.42 bits per heavy atom. The molecule has 1 aliphatic rings. The fraction of sp³-hybridized carbons (Fsp3) is 0.316. The van der Waals surface area contributed by atoms with Crippen molar-refractivity contribution in [1.29, 1.82) is 0 Å². The summed E-state index contributed by atoms with van der Waals surface area (Å²) in [6, 6.07) is 13.7. The summed E-state index contributed by atoms with van der Waals surface area (Å²) < 4.78 is 33.2. The van der Waals surface area contributed by atoms with Crippen LogP contribution in [0.25, 0.3) is 0 Å². The van der Waals surface area contributed by atoms with Gasteiger partial charge in [0.25, 0.3) is 15.9 Å². The molecule has 1 saturated heterocycles. The number of sulfonamides is 1. The molecule has 26 heavy (non-hydrogen) atoms. The van der Waals surface area contributed by atoms with Crippen LogP contribution in [-0.4, -0.2) is 34.1 Å². The molecule has 0 saturated carbocycles. The summed E-state index contributed by atoms with van der Waals surface area (Å²) in [5.74, 6) is 0.0689. The molecular formula is C19H22N2O4S. The predicted molar refractivity (Wildman–Crippen MR) is 101 cm³/mol. The Kier molecular flexibility index (Phi) is 5.29. The van der Waals surface area contributed by atoms with E-state index < -0.39 is 10.0 Å². The van der Waals surface area contributed by atoms with Crippen LogP contribution in [0.5, 0.6) is 0 Å². The van der Waals surface area contributed by atoms with Crippen molar-refractivity contribution in [3.05, 3.63) is 54.1 Å². The number of rotatable bonds is 5. The van der Waals surface area contributed by atoms with Crippen molar-refractivity contribution in [3.8, 4) is 0 Å². The van der Waals surface area contributed by atoms with E-state index in [2.05, 4.69) is 4.72 Å². The highest BCUT2D eigenvalue weighted by Gasteiger charge is 2.22. The number of hydrogen-bond acceptors (Lipinski definition) is 4. The van der Waals surface area contributed by atoms with Crippen LogP contribution in [0.15, 0.2) is 53.4 Å². The van der Waals surface area contributed by atoms with E-state index in [1.807, 2.05) is 26.0 Å². The first-order valence-electron chi connectivity index (χ1n) is 8.48. The average molecular weight is 374 g/mol. The maximum absolute atomic E-state index is 12.7. The van der Waals surface area contributed by atoms with Gasteiger partial charge >= 0.3 is 0 Å². The van der Waals surface area contributed by atoms with Crippen LogP contribution in [0.4, 0.5) is 11.4 Å². The molecule has 0 radical (unpaired) electrons. The summed E-state index contributed by atoms with van der Waals surface area (Å²) in [5, 5.41) is 0. The quantitative estimate of drug-likeness (QED) is 0.873. The number of morpholine rings is 1. The molecule has 1 heterocycles. The minimum atomic E-state index is -3.71. The van der Waals surface area contributed by atoms with Crippen molar-refractivity contribution in [2.24, 2.45) is 0 Å². The third-order valence-electron chi connectivity index (χ3n) is 4.27. The van der Waals surface area contributed by atoms with Gasteiger partial charge in [0, 0.05) is 12.2 Å². The molecule has 2 aromatic carbocycles. The molecule has 2 aromatic rings. The second-order valence-corrected chi connectivity index (χ2v) is 8.12. The highest BCUT2D eigenvalue weighted by Crippen LogP contribution is 2.27. The van der Waals surface area contributed by atoms with Crippen LogP contribution in [0, 0.1) is 0 Å². The third-order valence-corrected chi connectivity index (χ3v) is 5.65. The first-order chi connectivity index (χ1) is 12.4. The second kappa shape index (κ2) is 7.47. The zero-order chi connectivity index (χ0) is 18.7. The number of ether oxygens (including phenoxy) is 1. The predicted octanol–water partition coefficient (Wildman–Crippen LogP) is 2.97. The molecular weight excluding hydrogens is 352 g/mol. The zero-order valence-corrected chi connectivity index (χ0v) is 15.6. The van der Waals surface area contributed by atoms with E-state index in [-0.39, 0.29) is 23.3 Å². The number of hydrogen-bond donors (Lipinski definition) is 1. The topological polar surface area (TPSA) is 75.7 Å². The van der Waals surface area contributed by atoms with Gasteiger partial charge in [-0.15, -0.1) is 0 Å². The molecule has 3 rings (SSSR count). The molecule has 1 fully saturated rings. The lowest BCUT2D eigenvalue weighted by atomic mass is 10.0. The fourth-order valence-corrected chi connectivity index (χ4v) is 3.98. The van der Waals surface area contributed by atoms with E-state index in [9.17, 15) is 13.2 Å². The molecule has 0 spiro atoms. The number of carbonyl (C=O) groups excluding carboxylic acids is 1. The molecule has 0 unspecified atom stereocenters. The number of anilines is 2. The van der Waals surface area contributed by atoms with Crippen molar-refractivity contribution in [2.45, 2.75) is 24.7 Å². The molecule has 6 nitrogen and oxygen atoms in total. The van der Waals surface area contributed by atoms with Gasteiger partial charge in [-0.3, -0.25) is 9.52 Å². The standard InChI is InChI=1S/C19H22N2O4S/c1-14(2)17-5-3-4-6-18(17)20-26(23,24)16-9-7-15(8-10-16)21-11-12-25-13-19(21)22/h3-10,14,20H,11-13H2,1-2H3. The van der Waals surface area contributed by atoms with Crippen LogP contribution >= 0.6 is 0 Å². The summed E-state index contributed by atoms with van der Waals surface area (Å²) in [7, 11) is -3.71. The molecule has 138 valence electrons. The Morgan fingerprint density at radius 1 is 1.08 bits per heavy atom. The van der Waals surface area contributed by atoms with Crippen molar-refractivity contribution >= 4 is 27.3 Å². The van der Waals surface area contributed by atoms with Crippen molar-refractivity contribution in [1.82, 2.24) is 0 Å². The van der Waals surface area contributed by atoms with E-state index in [0.717, 1.165) is 5.56 Å². The Labute approximate surface area is 153 Å². The molecule has 0 aliphatic carbocycles. The Balaban J connectivity index is 1.83. The lowest BCUT2D eigenvalue weighted by molar-refractivity contribution is -0.125. The molecule has 0 bridgehead atoms. The van der Waals surface area contributed by atoms with E-state index in [4.69, 9.17) is 4.74 Å². The highest BCUT2D eigenvalue weighted by molar-refractivity contribution is 7.92. The minimum absolute atomic E-state index is 0.0492. The van der Waals surface area contributed by atoms with Gasteiger partial charge in [0.1, 0.15) is 6.61 Å². The largest absolute Gasteiger partial charge is 0.370 e. The van der Waals surface area contributed by atoms with Gasteiger partial charge in [-0.1, -0.05) is 32.0 Å². The number of nitrogens with one attached hydrogen (secondary N) is 1. The van der Waals surface area contributed by atoms with Crippen LogP contribution in [0.3, 0.4) is 0 Å². The van der Waals surface area contributed by atoms with Gasteiger partial charge in [-0.05, 0) is 41.8 Å². The fourth-order valence-electron chi connectivity index (χ4n) is 2.89. The van der Waals surface area contributed by atoms with Gasteiger partial charge in [-0.2, -0.15) is 0 Å². The number of carbonyl (C=O) groups is 1. The first-order valence-corrected chi connectivity index (χ1v) is 9.97. The molecule has 7 heteroatoms. The number of amides is 1. The van der Waals surface area contributed by atoms with Gasteiger partial charge in [0.05, 0.1) is 17.2 Å². The molecule has 1 N–H and O–H groups in total. The van der Waals surface area contributed by atoms with E-state index in [1.54, 1.807) is 29.2 Å². The minimum Gasteiger partial charge on any atom is -0.370 e. The SMILES string of the molecule is CC(C)c1ccccc1NS(=O)(=O)c1ccc(N2CCOCC2=O)cc1. The molecule has 1 aliphatic heterocycles. The number of para-hydroxylation sites is 1. The summed E-state index contributed by atoms with van der Waals surface area (Å²) in [6.45, 7) is 5.01. The van der Waals surface area contributed by atoms with Gasteiger partial charge in [0.15, 0.2) is 0 Å². The van der Waals surface area contributed by atoms with Crippen LogP contribution in [0.2, 0.25) is 0 Å². The third kappa shape index (κ3) is 3.89. The van der Waals surface area contributed by atoms with Crippen molar-refractivity contribution < 1.29 is 17.9 Å².